The molecule has 1 aromatic heterocycles. The average Bonchev–Trinajstić information content (AvgIpc) is 3.10. The number of pyridine rings is 1. The van der Waals surface area contributed by atoms with Gasteiger partial charge in [0.15, 0.2) is 0 Å². The highest BCUT2D eigenvalue weighted by Gasteiger charge is 2.60. The molecule has 7 nitrogen and oxygen atoms in total. The van der Waals surface area contributed by atoms with Crippen LogP contribution in [0, 0.1) is 11.9 Å². The first-order valence-electron chi connectivity index (χ1n) is 10.1. The topological polar surface area (TPSA) is 74.8 Å². The van der Waals surface area contributed by atoms with Crippen LogP contribution in [-0.4, -0.2) is 49.3 Å². The van der Waals surface area contributed by atoms with Gasteiger partial charge in [0.1, 0.15) is 6.10 Å². The molecule has 0 spiro atoms. The number of halogens is 1. The molecule has 2 aliphatic heterocycles. The predicted octanol–water partition coefficient (Wildman–Crippen LogP) is 2.46. The number of carbonyl (C=O) groups excluding carboxylic acids is 2. The number of nitrogens with one attached hydrogen (secondary N) is 1. The summed E-state index contributed by atoms with van der Waals surface area (Å²) in [5.74, 6) is -0.0329. The molecule has 3 atom stereocenters. The first-order chi connectivity index (χ1) is 14.4. The Balaban J connectivity index is 1.26. The van der Waals surface area contributed by atoms with Crippen LogP contribution in [-0.2, 0) is 14.9 Å². The minimum Gasteiger partial charge on any atom is -0.442 e. The second kappa shape index (κ2) is 6.97. The molecule has 2 amide bonds. The van der Waals surface area contributed by atoms with Crippen molar-refractivity contribution in [1.82, 2.24) is 10.3 Å². The van der Waals surface area contributed by atoms with Crippen molar-refractivity contribution in [1.29, 1.82) is 0 Å². The number of fused-ring (bicyclic) bond motifs is 1. The highest BCUT2D eigenvalue weighted by atomic mass is 19.1. The Hall–Kier alpha value is -3.16. The third-order valence-corrected chi connectivity index (χ3v) is 6.43. The molecule has 0 bridgehead atoms. The lowest BCUT2D eigenvalue weighted by atomic mass is 9.94. The van der Waals surface area contributed by atoms with Crippen molar-refractivity contribution in [3.8, 4) is 0 Å². The molecule has 1 N–H and O–H groups in total. The van der Waals surface area contributed by atoms with Crippen molar-refractivity contribution in [2.75, 3.05) is 36.0 Å². The average molecular weight is 410 g/mol. The normalized spacial score (nSPS) is 27.1. The second-order valence-electron chi connectivity index (χ2n) is 8.38. The number of amides is 2. The Morgan fingerprint density at radius 2 is 2.00 bits per heavy atom. The first kappa shape index (κ1) is 18.8. The summed E-state index contributed by atoms with van der Waals surface area (Å²) in [5.41, 5.74) is 3.12. The van der Waals surface area contributed by atoms with Gasteiger partial charge >= 0.3 is 6.09 Å². The second-order valence-corrected chi connectivity index (χ2v) is 8.38. The highest BCUT2D eigenvalue weighted by Crippen LogP contribution is 2.59. The minimum atomic E-state index is -0.465. The number of ether oxygens (including phenoxy) is 1. The lowest BCUT2D eigenvalue weighted by Gasteiger charge is -2.23. The van der Waals surface area contributed by atoms with Gasteiger partial charge < -0.3 is 15.0 Å². The number of hydrogen-bond acceptors (Lipinski definition) is 5. The van der Waals surface area contributed by atoms with E-state index in [9.17, 15) is 14.0 Å². The van der Waals surface area contributed by atoms with Gasteiger partial charge in [-0.2, -0.15) is 4.39 Å². The van der Waals surface area contributed by atoms with E-state index in [0.29, 0.717) is 19.0 Å². The number of benzene rings is 1. The smallest absolute Gasteiger partial charge is 0.414 e. The molecule has 0 radical (unpaired) electrons. The zero-order valence-electron chi connectivity index (χ0n) is 16.7. The summed E-state index contributed by atoms with van der Waals surface area (Å²) in [4.78, 5) is 30.9. The number of hydrogen-bond donors (Lipinski definition) is 1. The number of cyclic esters (lactones) is 1. The van der Waals surface area contributed by atoms with Crippen molar-refractivity contribution in [2.24, 2.45) is 5.92 Å². The van der Waals surface area contributed by atoms with Crippen molar-refractivity contribution in [3.63, 3.8) is 0 Å². The summed E-state index contributed by atoms with van der Waals surface area (Å²) in [7, 11) is 0. The molecule has 1 aromatic carbocycles. The van der Waals surface area contributed by atoms with E-state index in [1.165, 1.54) is 18.6 Å². The van der Waals surface area contributed by atoms with Crippen LogP contribution in [0.5, 0.6) is 0 Å². The third kappa shape index (κ3) is 3.26. The Kier molecular flexibility index (Phi) is 4.38. The Bertz CT molecular complexity index is 981. The molecule has 1 aliphatic carbocycles. The van der Waals surface area contributed by atoms with Gasteiger partial charge in [-0.1, -0.05) is 12.1 Å². The predicted molar refractivity (Wildman–Crippen MR) is 109 cm³/mol. The van der Waals surface area contributed by atoms with Gasteiger partial charge in [-0.05, 0) is 42.2 Å². The van der Waals surface area contributed by atoms with E-state index in [1.807, 2.05) is 12.1 Å². The molecule has 1 saturated carbocycles. The van der Waals surface area contributed by atoms with E-state index in [4.69, 9.17) is 4.74 Å². The van der Waals surface area contributed by atoms with E-state index in [1.54, 1.807) is 17.2 Å². The van der Waals surface area contributed by atoms with Crippen LogP contribution in [0.15, 0.2) is 42.6 Å². The van der Waals surface area contributed by atoms with Crippen LogP contribution in [0.4, 0.5) is 20.6 Å². The maximum atomic E-state index is 13.1. The lowest BCUT2D eigenvalue weighted by molar-refractivity contribution is -0.119. The van der Waals surface area contributed by atoms with Gasteiger partial charge in [0.25, 0.3) is 0 Å². The summed E-state index contributed by atoms with van der Waals surface area (Å²) < 4.78 is 18.5. The Morgan fingerprint density at radius 3 is 2.70 bits per heavy atom. The molecular formula is C22H23FN4O3. The quantitative estimate of drug-likeness (QED) is 0.767. The monoisotopic (exact) mass is 410 g/mol. The molecule has 3 unspecified atom stereocenters. The fourth-order valence-electron chi connectivity index (χ4n) is 4.75. The number of nitrogens with zero attached hydrogens (tertiary/aromatic N) is 3. The van der Waals surface area contributed by atoms with E-state index >= 15 is 0 Å². The number of rotatable bonds is 5. The fourth-order valence-corrected chi connectivity index (χ4v) is 4.75. The van der Waals surface area contributed by atoms with Crippen LogP contribution in [0.25, 0.3) is 0 Å². The molecule has 3 heterocycles. The number of piperidine rings is 1. The maximum absolute atomic E-state index is 13.1. The van der Waals surface area contributed by atoms with E-state index < -0.39 is 12.0 Å². The largest absolute Gasteiger partial charge is 0.442 e. The van der Waals surface area contributed by atoms with Crippen LogP contribution < -0.4 is 15.1 Å². The molecule has 156 valence electrons. The van der Waals surface area contributed by atoms with Gasteiger partial charge in [-0.3, -0.25) is 9.69 Å². The van der Waals surface area contributed by atoms with Crippen LogP contribution in [0.1, 0.15) is 18.9 Å². The summed E-state index contributed by atoms with van der Waals surface area (Å²) in [6.07, 6.45) is 1.99. The summed E-state index contributed by atoms with van der Waals surface area (Å²) in [6, 6.07) is 11.3. The minimum absolute atomic E-state index is 0.117. The molecule has 30 heavy (non-hydrogen) atoms. The maximum Gasteiger partial charge on any atom is 0.414 e. The Labute approximate surface area is 173 Å². The summed E-state index contributed by atoms with van der Waals surface area (Å²) in [6.45, 7) is 3.99. The van der Waals surface area contributed by atoms with E-state index in [-0.39, 0.29) is 17.4 Å². The Morgan fingerprint density at radius 1 is 1.23 bits per heavy atom. The number of carbonyl (C=O) groups is 2. The molecule has 8 heteroatoms. The molecule has 5 rings (SSSR count). The molecule has 2 saturated heterocycles. The van der Waals surface area contributed by atoms with Crippen LogP contribution in [0.2, 0.25) is 0 Å². The van der Waals surface area contributed by atoms with Crippen molar-refractivity contribution in [3.05, 3.63) is 54.1 Å². The summed E-state index contributed by atoms with van der Waals surface area (Å²) in [5, 5.41) is 2.68. The third-order valence-electron chi connectivity index (χ3n) is 6.43. The summed E-state index contributed by atoms with van der Waals surface area (Å²) >= 11 is 0. The van der Waals surface area contributed by atoms with Gasteiger partial charge in [0, 0.05) is 31.1 Å². The first-order valence-corrected chi connectivity index (χ1v) is 10.1. The lowest BCUT2D eigenvalue weighted by Crippen LogP contribution is -2.33. The highest BCUT2D eigenvalue weighted by molar-refractivity contribution is 5.89. The molecule has 3 aliphatic rings. The van der Waals surface area contributed by atoms with Gasteiger partial charge in [0.2, 0.25) is 11.9 Å². The van der Waals surface area contributed by atoms with Gasteiger partial charge in [-0.25, -0.2) is 9.78 Å². The molecule has 3 fully saturated rings. The standard InChI is InChI=1S/C22H23FN4O3/c1-14(28)24-10-19-12-27(21(29)30-19)17-4-2-15(3-5-17)22-8-16(22)11-26(13-22)18-6-7-20(23)25-9-18/h2-7,9,16,19H,8,10-13H2,1H3,(H,24,28). The van der Waals surface area contributed by atoms with E-state index in [0.717, 1.165) is 30.9 Å². The fraction of sp³-hybridized carbons (Fsp3) is 0.409. The number of aromatic nitrogens is 1. The molecular weight excluding hydrogens is 387 g/mol. The zero-order chi connectivity index (χ0) is 20.9. The van der Waals surface area contributed by atoms with Crippen molar-refractivity contribution in [2.45, 2.75) is 24.9 Å². The van der Waals surface area contributed by atoms with E-state index in [2.05, 4.69) is 27.3 Å². The van der Waals surface area contributed by atoms with Crippen LogP contribution in [0.3, 0.4) is 0 Å². The van der Waals surface area contributed by atoms with Crippen molar-refractivity contribution < 1.29 is 18.7 Å². The van der Waals surface area contributed by atoms with Crippen molar-refractivity contribution >= 4 is 23.4 Å². The van der Waals surface area contributed by atoms with Crippen LogP contribution >= 0.6 is 0 Å². The molecule has 2 aromatic rings. The van der Waals surface area contributed by atoms with Gasteiger partial charge in [-0.15, -0.1) is 0 Å². The SMILES string of the molecule is CC(=O)NCC1CN(c2ccc(C34CC3CN(c3ccc(F)nc3)C4)cc2)C(=O)O1. The zero-order valence-corrected chi connectivity index (χ0v) is 16.7. The van der Waals surface area contributed by atoms with Gasteiger partial charge in [0.05, 0.1) is 25.0 Å². The number of anilines is 2.